The van der Waals surface area contributed by atoms with Crippen LogP contribution in [0.15, 0.2) is 42.6 Å². The molecule has 1 heterocycles. The van der Waals surface area contributed by atoms with Crippen molar-refractivity contribution in [3.8, 4) is 17.9 Å². The first-order chi connectivity index (χ1) is 18.2. The third kappa shape index (κ3) is 7.79. The molecule has 2 amide bonds. The number of amides is 2. The molecule has 1 aliphatic carbocycles. The summed E-state index contributed by atoms with van der Waals surface area (Å²) in [5, 5.41) is 18.2. The number of likely N-dealkylation sites (N-methyl/N-ethyl adjacent to an activating group) is 2. The van der Waals surface area contributed by atoms with Crippen LogP contribution in [0.3, 0.4) is 0 Å². The van der Waals surface area contributed by atoms with Crippen molar-refractivity contribution in [2.75, 3.05) is 45.4 Å². The van der Waals surface area contributed by atoms with Crippen molar-refractivity contribution < 1.29 is 9.59 Å². The number of nitrogens with one attached hydrogen (secondary N) is 3. The Balaban J connectivity index is 1.51. The SMILES string of the molecule is CNc1nc(Nc2cccc(C#N)c2)ncc1C#CC1CC(NC(=O)C(C)N(C)C(=O)C=CCN(C)C)C1. The van der Waals surface area contributed by atoms with E-state index in [0.29, 0.717) is 29.4 Å². The number of benzene rings is 1. The Morgan fingerprint density at radius 1 is 1.26 bits per heavy atom. The largest absolute Gasteiger partial charge is 0.372 e. The molecule has 1 fully saturated rings. The van der Waals surface area contributed by atoms with E-state index in [1.807, 2.05) is 25.1 Å². The lowest BCUT2D eigenvalue weighted by Gasteiger charge is -2.34. The van der Waals surface area contributed by atoms with Crippen LogP contribution in [0, 0.1) is 29.1 Å². The van der Waals surface area contributed by atoms with Gasteiger partial charge in [-0.15, -0.1) is 0 Å². The average Bonchev–Trinajstić information content (AvgIpc) is 2.89. The molecule has 1 atom stereocenters. The molecule has 3 N–H and O–H groups in total. The predicted molar refractivity (Wildman–Crippen MR) is 147 cm³/mol. The van der Waals surface area contributed by atoms with Gasteiger partial charge in [-0.25, -0.2) is 4.98 Å². The van der Waals surface area contributed by atoms with Crippen molar-refractivity contribution in [1.82, 2.24) is 25.1 Å². The van der Waals surface area contributed by atoms with Gasteiger partial charge in [-0.1, -0.05) is 24.0 Å². The normalized spacial score (nSPS) is 17.0. The molecule has 1 aromatic heterocycles. The third-order valence-corrected chi connectivity index (χ3v) is 6.21. The maximum Gasteiger partial charge on any atom is 0.246 e. The van der Waals surface area contributed by atoms with Crippen LogP contribution < -0.4 is 16.0 Å². The van der Waals surface area contributed by atoms with Gasteiger partial charge in [-0.3, -0.25) is 9.59 Å². The van der Waals surface area contributed by atoms with Gasteiger partial charge < -0.3 is 25.8 Å². The van der Waals surface area contributed by atoms with Crippen LogP contribution in [-0.2, 0) is 9.59 Å². The predicted octanol–water partition coefficient (Wildman–Crippen LogP) is 2.34. The number of hydrogen-bond donors (Lipinski definition) is 3. The number of nitriles is 1. The minimum absolute atomic E-state index is 0.0350. The van der Waals surface area contributed by atoms with Crippen molar-refractivity contribution in [3.05, 3.63) is 53.7 Å². The molecule has 2 aromatic rings. The second-order valence-corrected chi connectivity index (χ2v) is 9.46. The zero-order chi connectivity index (χ0) is 27.7. The summed E-state index contributed by atoms with van der Waals surface area (Å²) < 4.78 is 0. The number of hydrogen-bond acceptors (Lipinski definition) is 8. The number of aromatic nitrogens is 2. The van der Waals surface area contributed by atoms with Gasteiger partial charge in [0.05, 0.1) is 23.4 Å². The molecule has 0 spiro atoms. The zero-order valence-corrected chi connectivity index (χ0v) is 22.4. The number of anilines is 3. The first-order valence-electron chi connectivity index (χ1n) is 12.4. The van der Waals surface area contributed by atoms with Gasteiger partial charge in [-0.2, -0.15) is 10.2 Å². The summed E-state index contributed by atoms with van der Waals surface area (Å²) in [7, 11) is 7.24. The molecule has 38 heavy (non-hydrogen) atoms. The molecule has 0 aliphatic heterocycles. The van der Waals surface area contributed by atoms with Gasteiger partial charge in [0.1, 0.15) is 11.9 Å². The van der Waals surface area contributed by atoms with Crippen LogP contribution >= 0.6 is 0 Å². The van der Waals surface area contributed by atoms with E-state index in [1.54, 1.807) is 51.5 Å². The second kappa shape index (κ2) is 13.2. The number of rotatable bonds is 9. The zero-order valence-electron chi connectivity index (χ0n) is 22.4. The Hall–Kier alpha value is -4.41. The Labute approximate surface area is 224 Å². The molecule has 1 aromatic carbocycles. The fraction of sp³-hybridized carbons (Fsp3) is 0.393. The molecule has 0 radical (unpaired) electrons. The van der Waals surface area contributed by atoms with E-state index >= 15 is 0 Å². The molecule has 10 heteroatoms. The highest BCUT2D eigenvalue weighted by molar-refractivity contribution is 5.92. The van der Waals surface area contributed by atoms with Gasteiger partial charge in [-0.05, 0) is 52.1 Å². The van der Waals surface area contributed by atoms with E-state index in [2.05, 4.69) is 43.8 Å². The smallest absolute Gasteiger partial charge is 0.246 e. The van der Waals surface area contributed by atoms with Crippen LogP contribution in [0.2, 0.25) is 0 Å². The van der Waals surface area contributed by atoms with E-state index in [0.717, 1.165) is 18.5 Å². The van der Waals surface area contributed by atoms with E-state index in [9.17, 15) is 9.59 Å². The van der Waals surface area contributed by atoms with Crippen LogP contribution in [0.4, 0.5) is 17.5 Å². The van der Waals surface area contributed by atoms with Crippen molar-refractivity contribution in [2.45, 2.75) is 31.8 Å². The maximum absolute atomic E-state index is 12.6. The molecule has 10 nitrogen and oxygen atoms in total. The lowest BCUT2D eigenvalue weighted by atomic mass is 9.80. The van der Waals surface area contributed by atoms with Gasteiger partial charge in [0.2, 0.25) is 17.8 Å². The quantitative estimate of drug-likeness (QED) is 0.344. The number of carbonyl (C=O) groups excluding carboxylic acids is 2. The van der Waals surface area contributed by atoms with Crippen LogP contribution in [0.1, 0.15) is 30.9 Å². The van der Waals surface area contributed by atoms with E-state index < -0.39 is 6.04 Å². The van der Waals surface area contributed by atoms with Gasteiger partial charge in [0.25, 0.3) is 0 Å². The Morgan fingerprint density at radius 2 is 2.03 bits per heavy atom. The number of carbonyl (C=O) groups is 2. The molecule has 0 saturated heterocycles. The Bertz CT molecular complexity index is 1280. The molecule has 1 aliphatic rings. The van der Waals surface area contributed by atoms with Crippen LogP contribution in [0.5, 0.6) is 0 Å². The van der Waals surface area contributed by atoms with E-state index in [1.165, 1.54) is 11.0 Å². The average molecular weight is 515 g/mol. The monoisotopic (exact) mass is 514 g/mol. The first-order valence-corrected chi connectivity index (χ1v) is 12.4. The minimum Gasteiger partial charge on any atom is -0.372 e. The summed E-state index contributed by atoms with van der Waals surface area (Å²) in [6.07, 6.45) is 6.42. The number of nitrogens with zero attached hydrogens (tertiary/aromatic N) is 5. The van der Waals surface area contributed by atoms with E-state index in [-0.39, 0.29) is 23.8 Å². The van der Waals surface area contributed by atoms with Crippen LogP contribution in [0.25, 0.3) is 0 Å². The molecular weight excluding hydrogens is 480 g/mol. The fourth-order valence-corrected chi connectivity index (χ4v) is 3.72. The minimum atomic E-state index is -0.568. The lowest BCUT2D eigenvalue weighted by Crippen LogP contribution is -2.51. The first kappa shape index (κ1) is 28.2. The standard InChI is InChI=1S/C28H34N8O2/c1-19(36(5)25(37)10-7-13-35(3)4)27(38)32-24-14-20(15-24)11-12-22-18-31-28(34-26(22)30-2)33-23-9-6-8-21(16-23)17-29/h6-10,16,18-20,24H,13-15H2,1-5H3,(H,32,38)(H2,30,31,33,34). The molecular formula is C28H34N8O2. The molecule has 1 saturated carbocycles. The summed E-state index contributed by atoms with van der Waals surface area (Å²) in [5.41, 5.74) is 1.94. The lowest BCUT2D eigenvalue weighted by molar-refractivity contribution is -0.135. The van der Waals surface area contributed by atoms with Gasteiger partial charge in [0, 0.05) is 44.4 Å². The van der Waals surface area contributed by atoms with Crippen molar-refractivity contribution >= 4 is 29.3 Å². The summed E-state index contributed by atoms with van der Waals surface area (Å²) in [4.78, 5) is 37.1. The highest BCUT2D eigenvalue weighted by atomic mass is 16.2. The maximum atomic E-state index is 12.6. The fourth-order valence-electron chi connectivity index (χ4n) is 3.72. The Kier molecular flexibility index (Phi) is 9.80. The summed E-state index contributed by atoms with van der Waals surface area (Å²) >= 11 is 0. The van der Waals surface area contributed by atoms with E-state index in [4.69, 9.17) is 5.26 Å². The molecule has 198 valence electrons. The highest BCUT2D eigenvalue weighted by Gasteiger charge is 2.31. The summed E-state index contributed by atoms with van der Waals surface area (Å²) in [6.45, 7) is 2.38. The third-order valence-electron chi connectivity index (χ3n) is 6.21. The van der Waals surface area contributed by atoms with Gasteiger partial charge in [0.15, 0.2) is 0 Å². The molecule has 0 bridgehead atoms. The summed E-state index contributed by atoms with van der Waals surface area (Å²) in [6, 6.07) is 8.65. The van der Waals surface area contributed by atoms with Crippen molar-refractivity contribution in [2.24, 2.45) is 5.92 Å². The highest BCUT2D eigenvalue weighted by Crippen LogP contribution is 2.27. The molecule has 3 rings (SSSR count). The van der Waals surface area contributed by atoms with Gasteiger partial charge >= 0.3 is 0 Å². The topological polar surface area (TPSA) is 126 Å². The van der Waals surface area contributed by atoms with Crippen molar-refractivity contribution in [3.63, 3.8) is 0 Å². The Morgan fingerprint density at radius 3 is 2.71 bits per heavy atom. The van der Waals surface area contributed by atoms with Crippen LogP contribution in [-0.4, -0.2) is 78.4 Å². The second-order valence-electron chi connectivity index (χ2n) is 9.46. The molecule has 1 unspecified atom stereocenters. The van der Waals surface area contributed by atoms with Crippen molar-refractivity contribution in [1.29, 1.82) is 5.26 Å². The summed E-state index contributed by atoms with van der Waals surface area (Å²) in [5.74, 6) is 7.16.